The standard InChI is InChI=1S/C22H13F3N4O2/c23-22(24,25)31-13-5-3-4-12(10-13)19-15-8-9-29-20(15)18(16(11-27-29)21(26)30)14-6-1-2-7-17(14)28-19/h1-11H,(H2,26,30). The molecule has 3 heterocycles. The molecule has 0 unspecified atom stereocenters. The zero-order valence-electron chi connectivity index (χ0n) is 15.7. The number of nitrogens with zero attached hydrogens (tertiary/aromatic N) is 3. The van der Waals surface area contributed by atoms with Crippen LogP contribution in [0.15, 0.2) is 72.0 Å². The molecule has 1 aliphatic rings. The summed E-state index contributed by atoms with van der Waals surface area (Å²) in [4.78, 5) is 16.9. The summed E-state index contributed by atoms with van der Waals surface area (Å²) in [6.07, 6.45) is -1.72. The van der Waals surface area contributed by atoms with Crippen LogP contribution in [-0.4, -0.2) is 27.6 Å². The first-order chi connectivity index (χ1) is 14.8. The summed E-state index contributed by atoms with van der Waals surface area (Å²) in [6, 6.07) is 14.5. The van der Waals surface area contributed by atoms with Crippen LogP contribution >= 0.6 is 0 Å². The van der Waals surface area contributed by atoms with E-state index in [0.29, 0.717) is 39.2 Å². The molecule has 0 radical (unpaired) electrons. The van der Waals surface area contributed by atoms with Crippen molar-refractivity contribution in [1.82, 2.24) is 9.61 Å². The number of primary amides is 1. The van der Waals surface area contributed by atoms with Gasteiger partial charge in [0.1, 0.15) is 5.75 Å². The molecule has 0 saturated heterocycles. The number of ether oxygens (including phenoxy) is 1. The van der Waals surface area contributed by atoms with Crippen molar-refractivity contribution in [3.63, 3.8) is 0 Å². The molecule has 2 aromatic heterocycles. The van der Waals surface area contributed by atoms with E-state index in [0.717, 1.165) is 0 Å². The van der Waals surface area contributed by atoms with E-state index < -0.39 is 12.3 Å². The SMILES string of the molecule is NC(=O)c1cnn2ccc3c2c1-c1ccccc1N=C3c1cccc(OC(F)(F)F)c1. The van der Waals surface area contributed by atoms with Crippen LogP contribution in [0.2, 0.25) is 0 Å². The highest BCUT2D eigenvalue weighted by Gasteiger charge is 2.31. The van der Waals surface area contributed by atoms with Gasteiger partial charge < -0.3 is 10.5 Å². The molecule has 0 bridgehead atoms. The van der Waals surface area contributed by atoms with Gasteiger partial charge in [0.2, 0.25) is 0 Å². The second-order valence-electron chi connectivity index (χ2n) is 6.87. The van der Waals surface area contributed by atoms with Gasteiger partial charge in [-0.15, -0.1) is 13.2 Å². The topological polar surface area (TPSA) is 82.0 Å². The Morgan fingerprint density at radius 2 is 1.84 bits per heavy atom. The summed E-state index contributed by atoms with van der Waals surface area (Å²) in [6.45, 7) is 0. The molecule has 31 heavy (non-hydrogen) atoms. The van der Waals surface area contributed by atoms with Crippen LogP contribution in [0, 0.1) is 0 Å². The molecular weight excluding hydrogens is 409 g/mol. The predicted molar refractivity (Wildman–Crippen MR) is 108 cm³/mol. The first-order valence-electron chi connectivity index (χ1n) is 9.16. The Morgan fingerprint density at radius 3 is 2.61 bits per heavy atom. The summed E-state index contributed by atoms with van der Waals surface area (Å²) in [5.41, 5.74) is 9.65. The molecule has 2 N–H and O–H groups in total. The van der Waals surface area contributed by atoms with Crippen molar-refractivity contribution in [2.75, 3.05) is 0 Å². The predicted octanol–water partition coefficient (Wildman–Crippen LogP) is 4.48. The lowest BCUT2D eigenvalue weighted by atomic mass is 9.96. The van der Waals surface area contributed by atoms with Crippen molar-refractivity contribution in [2.45, 2.75) is 6.36 Å². The Bertz CT molecular complexity index is 1390. The molecule has 0 saturated carbocycles. The summed E-state index contributed by atoms with van der Waals surface area (Å²) < 4.78 is 43.8. The van der Waals surface area contributed by atoms with Crippen LogP contribution in [-0.2, 0) is 0 Å². The molecule has 9 heteroatoms. The van der Waals surface area contributed by atoms with E-state index in [1.165, 1.54) is 24.4 Å². The second-order valence-corrected chi connectivity index (χ2v) is 6.87. The van der Waals surface area contributed by atoms with Gasteiger partial charge in [-0.3, -0.25) is 4.79 Å². The summed E-state index contributed by atoms with van der Waals surface area (Å²) in [5, 5.41) is 4.26. The van der Waals surface area contributed by atoms with Gasteiger partial charge in [0.05, 0.1) is 28.7 Å². The minimum atomic E-state index is -4.81. The Hall–Kier alpha value is -4.14. The average molecular weight is 422 g/mol. The zero-order valence-corrected chi connectivity index (χ0v) is 15.7. The second kappa shape index (κ2) is 6.69. The molecule has 5 rings (SSSR count). The highest BCUT2D eigenvalue weighted by Crippen LogP contribution is 2.41. The Kier molecular flexibility index (Phi) is 4.07. The third kappa shape index (κ3) is 3.20. The smallest absolute Gasteiger partial charge is 0.406 e. The molecule has 6 nitrogen and oxygen atoms in total. The van der Waals surface area contributed by atoms with Crippen molar-refractivity contribution in [3.05, 3.63) is 83.7 Å². The number of rotatable bonds is 3. The lowest BCUT2D eigenvalue weighted by molar-refractivity contribution is -0.274. The van der Waals surface area contributed by atoms with E-state index >= 15 is 0 Å². The van der Waals surface area contributed by atoms with Crippen LogP contribution in [0.4, 0.5) is 18.9 Å². The van der Waals surface area contributed by atoms with Gasteiger partial charge in [0.15, 0.2) is 0 Å². The molecule has 1 aliphatic heterocycles. The fourth-order valence-electron chi connectivity index (χ4n) is 3.75. The highest BCUT2D eigenvalue weighted by molar-refractivity contribution is 6.22. The van der Waals surface area contributed by atoms with Crippen molar-refractivity contribution in [2.24, 2.45) is 10.7 Å². The first kappa shape index (κ1) is 18.9. The number of hydrogen-bond donors (Lipinski definition) is 1. The van der Waals surface area contributed by atoms with Gasteiger partial charge in [-0.1, -0.05) is 30.3 Å². The van der Waals surface area contributed by atoms with Crippen molar-refractivity contribution in [1.29, 1.82) is 0 Å². The third-order valence-corrected chi connectivity index (χ3v) is 4.95. The number of aromatic nitrogens is 2. The fraction of sp³-hybridized carbons (Fsp3) is 0.0455. The van der Waals surface area contributed by atoms with E-state index in [-0.39, 0.29) is 11.3 Å². The van der Waals surface area contributed by atoms with Gasteiger partial charge >= 0.3 is 6.36 Å². The van der Waals surface area contributed by atoms with Gasteiger partial charge in [0.25, 0.3) is 5.91 Å². The number of halogens is 3. The van der Waals surface area contributed by atoms with E-state index in [9.17, 15) is 18.0 Å². The maximum Gasteiger partial charge on any atom is 0.573 e. The van der Waals surface area contributed by atoms with Crippen molar-refractivity contribution < 1.29 is 22.7 Å². The van der Waals surface area contributed by atoms with Gasteiger partial charge in [-0.05, 0) is 24.3 Å². The van der Waals surface area contributed by atoms with Crippen LogP contribution in [0.3, 0.4) is 0 Å². The molecule has 154 valence electrons. The highest BCUT2D eigenvalue weighted by atomic mass is 19.4. The number of carbonyl (C=O) groups is 1. The number of carbonyl (C=O) groups excluding carboxylic acids is 1. The minimum Gasteiger partial charge on any atom is -0.406 e. The summed E-state index contributed by atoms with van der Waals surface area (Å²) in [5.74, 6) is -0.999. The van der Waals surface area contributed by atoms with E-state index in [1.54, 1.807) is 41.0 Å². The fourth-order valence-corrected chi connectivity index (χ4v) is 3.75. The first-order valence-corrected chi connectivity index (χ1v) is 9.16. The zero-order chi connectivity index (χ0) is 21.8. The normalized spacial score (nSPS) is 12.8. The third-order valence-electron chi connectivity index (χ3n) is 4.95. The number of benzene rings is 2. The maximum absolute atomic E-state index is 12.7. The molecular formula is C22H13F3N4O2. The van der Waals surface area contributed by atoms with Crippen LogP contribution in [0.5, 0.6) is 5.75 Å². The number of alkyl halides is 3. The van der Waals surface area contributed by atoms with Gasteiger partial charge in [-0.2, -0.15) is 5.10 Å². The Balaban J connectivity index is 1.81. The molecule has 1 amide bonds. The van der Waals surface area contributed by atoms with Gasteiger partial charge in [-0.25, -0.2) is 9.51 Å². The molecule has 0 spiro atoms. The maximum atomic E-state index is 12.7. The van der Waals surface area contributed by atoms with Crippen LogP contribution in [0.25, 0.3) is 16.6 Å². The lowest BCUT2D eigenvalue weighted by Gasteiger charge is -2.11. The molecule has 4 aromatic rings. The number of hydrogen-bond acceptors (Lipinski definition) is 4. The Morgan fingerprint density at radius 1 is 1.03 bits per heavy atom. The number of fused-ring (bicyclic) bond motifs is 2. The van der Waals surface area contributed by atoms with Crippen molar-refractivity contribution >= 4 is 22.8 Å². The monoisotopic (exact) mass is 422 g/mol. The largest absolute Gasteiger partial charge is 0.573 e. The average Bonchev–Trinajstić information content (AvgIpc) is 3.07. The quantitative estimate of drug-likeness (QED) is 0.465. The van der Waals surface area contributed by atoms with E-state index in [1.807, 2.05) is 6.07 Å². The van der Waals surface area contributed by atoms with E-state index in [4.69, 9.17) is 10.7 Å². The van der Waals surface area contributed by atoms with Crippen molar-refractivity contribution in [3.8, 4) is 16.9 Å². The molecule has 0 aliphatic carbocycles. The summed E-state index contributed by atoms with van der Waals surface area (Å²) >= 11 is 0. The number of para-hydroxylation sites is 1. The van der Waals surface area contributed by atoms with Crippen LogP contribution in [0.1, 0.15) is 21.5 Å². The minimum absolute atomic E-state index is 0.227. The molecule has 0 atom stereocenters. The number of amides is 1. The molecule has 0 fully saturated rings. The number of aliphatic imine (C=N–C) groups is 1. The number of nitrogens with two attached hydrogens (primary N) is 1. The van der Waals surface area contributed by atoms with E-state index in [2.05, 4.69) is 9.84 Å². The van der Waals surface area contributed by atoms with Gasteiger partial charge in [0, 0.05) is 28.5 Å². The Labute approximate surface area is 173 Å². The van der Waals surface area contributed by atoms with Crippen LogP contribution < -0.4 is 10.5 Å². The molecule has 2 aromatic carbocycles. The lowest BCUT2D eigenvalue weighted by Crippen LogP contribution is -2.17. The summed E-state index contributed by atoms with van der Waals surface area (Å²) in [7, 11) is 0.